The number of nitrogens with zero attached hydrogens (tertiary/aromatic N) is 1. The Bertz CT molecular complexity index is 652. The fraction of sp³-hybridized carbons (Fsp3) is 0.500. The molecule has 22 heavy (non-hydrogen) atoms. The number of rotatable bonds is 3. The van der Waals surface area contributed by atoms with Gasteiger partial charge in [-0.3, -0.25) is 9.89 Å². The average Bonchev–Trinajstić information content (AvgIpc) is 2.89. The van der Waals surface area contributed by atoms with E-state index in [1.165, 1.54) is 12.8 Å². The van der Waals surface area contributed by atoms with Crippen molar-refractivity contribution < 1.29 is 4.79 Å². The SMILES string of the molecule is CC1(C)CCCNC1CNC(=O)c1n[nH]c2ccccc12.Cl. The second-order valence-electron chi connectivity index (χ2n) is 6.43. The van der Waals surface area contributed by atoms with Crippen LogP contribution in [0.3, 0.4) is 0 Å². The predicted octanol–water partition coefficient (Wildman–Crippen LogP) is 2.49. The summed E-state index contributed by atoms with van der Waals surface area (Å²) in [6.07, 6.45) is 2.38. The first kappa shape index (κ1) is 16.8. The Morgan fingerprint density at radius 1 is 1.41 bits per heavy atom. The molecule has 1 amide bonds. The highest BCUT2D eigenvalue weighted by Crippen LogP contribution is 2.29. The summed E-state index contributed by atoms with van der Waals surface area (Å²) >= 11 is 0. The van der Waals surface area contributed by atoms with E-state index in [2.05, 4.69) is 34.7 Å². The normalized spacial score (nSPS) is 20.4. The lowest BCUT2D eigenvalue weighted by atomic mass is 9.77. The Morgan fingerprint density at radius 3 is 2.95 bits per heavy atom. The molecule has 1 aromatic heterocycles. The molecule has 0 radical (unpaired) electrons. The van der Waals surface area contributed by atoms with E-state index in [0.29, 0.717) is 18.3 Å². The largest absolute Gasteiger partial charge is 0.349 e. The van der Waals surface area contributed by atoms with E-state index >= 15 is 0 Å². The molecule has 1 unspecified atom stereocenters. The molecule has 5 nitrogen and oxygen atoms in total. The van der Waals surface area contributed by atoms with Crippen LogP contribution < -0.4 is 10.6 Å². The minimum Gasteiger partial charge on any atom is -0.349 e. The van der Waals surface area contributed by atoms with E-state index in [9.17, 15) is 4.79 Å². The fourth-order valence-electron chi connectivity index (χ4n) is 3.03. The Morgan fingerprint density at radius 2 is 2.18 bits per heavy atom. The number of hydrogen-bond donors (Lipinski definition) is 3. The van der Waals surface area contributed by atoms with Crippen LogP contribution in [0.15, 0.2) is 24.3 Å². The van der Waals surface area contributed by atoms with E-state index < -0.39 is 0 Å². The number of benzene rings is 1. The van der Waals surface area contributed by atoms with Crippen LogP contribution in [-0.4, -0.2) is 35.2 Å². The molecule has 0 saturated carbocycles. The van der Waals surface area contributed by atoms with Gasteiger partial charge in [0.25, 0.3) is 5.91 Å². The molecule has 1 aliphatic heterocycles. The number of H-pyrrole nitrogens is 1. The predicted molar refractivity (Wildman–Crippen MR) is 90.5 cm³/mol. The Hall–Kier alpha value is -1.59. The lowest BCUT2D eigenvalue weighted by molar-refractivity contribution is 0.0925. The van der Waals surface area contributed by atoms with E-state index in [-0.39, 0.29) is 23.7 Å². The molecule has 2 heterocycles. The van der Waals surface area contributed by atoms with Crippen LogP contribution in [0, 0.1) is 5.41 Å². The van der Waals surface area contributed by atoms with Gasteiger partial charge in [0.05, 0.1) is 5.52 Å². The Balaban J connectivity index is 0.00000176. The number of aromatic amines is 1. The van der Waals surface area contributed by atoms with Gasteiger partial charge in [-0.2, -0.15) is 5.10 Å². The summed E-state index contributed by atoms with van der Waals surface area (Å²) in [4.78, 5) is 12.4. The quantitative estimate of drug-likeness (QED) is 0.813. The highest BCUT2D eigenvalue weighted by atomic mass is 35.5. The smallest absolute Gasteiger partial charge is 0.272 e. The van der Waals surface area contributed by atoms with E-state index in [4.69, 9.17) is 0 Å². The second kappa shape index (κ2) is 6.67. The number of aromatic nitrogens is 2. The fourth-order valence-corrected chi connectivity index (χ4v) is 3.03. The summed E-state index contributed by atoms with van der Waals surface area (Å²) in [6.45, 7) is 6.15. The number of nitrogens with one attached hydrogen (secondary N) is 3. The standard InChI is InChI=1S/C16H22N4O.ClH/c1-16(2)8-5-9-17-13(16)10-18-15(21)14-11-6-3-4-7-12(11)19-20-14;/h3-4,6-7,13,17H,5,8-10H2,1-2H3,(H,18,21)(H,19,20);1H. The number of fused-ring (bicyclic) bond motifs is 1. The molecule has 0 spiro atoms. The minimum atomic E-state index is -0.115. The molecule has 6 heteroatoms. The van der Waals surface area contributed by atoms with Crippen molar-refractivity contribution >= 4 is 29.2 Å². The second-order valence-corrected chi connectivity index (χ2v) is 6.43. The molecule has 1 saturated heterocycles. The van der Waals surface area contributed by atoms with Crippen molar-refractivity contribution in [3.8, 4) is 0 Å². The Labute approximate surface area is 136 Å². The summed E-state index contributed by atoms with van der Waals surface area (Å²) in [5.41, 5.74) is 1.57. The third kappa shape index (κ3) is 3.25. The lowest BCUT2D eigenvalue weighted by Gasteiger charge is -2.39. The van der Waals surface area contributed by atoms with Crippen LogP contribution in [0.4, 0.5) is 0 Å². The van der Waals surface area contributed by atoms with Gasteiger partial charge in [0.1, 0.15) is 0 Å². The van der Waals surface area contributed by atoms with Crippen molar-refractivity contribution in [3.05, 3.63) is 30.0 Å². The van der Waals surface area contributed by atoms with Gasteiger partial charge in [-0.25, -0.2) is 0 Å². The molecule has 120 valence electrons. The highest BCUT2D eigenvalue weighted by molar-refractivity contribution is 6.04. The number of hydrogen-bond acceptors (Lipinski definition) is 3. The van der Waals surface area contributed by atoms with Crippen molar-refractivity contribution in [2.75, 3.05) is 13.1 Å². The summed E-state index contributed by atoms with van der Waals surface area (Å²) in [6, 6.07) is 7.99. The van der Waals surface area contributed by atoms with Gasteiger partial charge in [0.2, 0.25) is 0 Å². The number of amides is 1. The maximum atomic E-state index is 12.4. The van der Waals surface area contributed by atoms with E-state index in [1.807, 2.05) is 24.3 Å². The topological polar surface area (TPSA) is 69.8 Å². The summed E-state index contributed by atoms with van der Waals surface area (Å²) < 4.78 is 0. The number of piperidine rings is 1. The van der Waals surface area contributed by atoms with Gasteiger partial charge in [-0.05, 0) is 30.9 Å². The van der Waals surface area contributed by atoms with Gasteiger partial charge in [-0.15, -0.1) is 12.4 Å². The van der Waals surface area contributed by atoms with Gasteiger partial charge in [-0.1, -0.05) is 32.0 Å². The van der Waals surface area contributed by atoms with Crippen LogP contribution in [0.1, 0.15) is 37.2 Å². The number of halogens is 1. The average molecular weight is 323 g/mol. The van der Waals surface area contributed by atoms with Crippen LogP contribution in [0.2, 0.25) is 0 Å². The zero-order valence-corrected chi connectivity index (χ0v) is 13.8. The first-order chi connectivity index (χ1) is 10.1. The van der Waals surface area contributed by atoms with Crippen molar-refractivity contribution in [1.82, 2.24) is 20.8 Å². The van der Waals surface area contributed by atoms with Gasteiger partial charge >= 0.3 is 0 Å². The molecule has 1 fully saturated rings. The zero-order valence-electron chi connectivity index (χ0n) is 13.0. The van der Waals surface area contributed by atoms with E-state index in [0.717, 1.165) is 17.4 Å². The molecule has 2 aromatic rings. The summed E-state index contributed by atoms with van der Waals surface area (Å²) in [5, 5.41) is 14.4. The van der Waals surface area contributed by atoms with Gasteiger partial charge < -0.3 is 10.6 Å². The zero-order chi connectivity index (χ0) is 14.9. The molecule has 1 atom stereocenters. The van der Waals surface area contributed by atoms with Crippen LogP contribution >= 0.6 is 12.4 Å². The molecule has 3 rings (SSSR count). The van der Waals surface area contributed by atoms with Crippen molar-refractivity contribution in [1.29, 1.82) is 0 Å². The maximum absolute atomic E-state index is 12.4. The Kier molecular flexibility index (Phi) is 5.08. The molecular formula is C16H23ClN4O. The minimum absolute atomic E-state index is 0. The lowest BCUT2D eigenvalue weighted by Crippen LogP contribution is -2.52. The molecule has 1 aliphatic rings. The first-order valence-electron chi connectivity index (χ1n) is 7.52. The molecular weight excluding hydrogens is 300 g/mol. The van der Waals surface area contributed by atoms with Crippen LogP contribution in [-0.2, 0) is 0 Å². The van der Waals surface area contributed by atoms with Gasteiger partial charge in [0, 0.05) is 18.0 Å². The number of carbonyl (C=O) groups excluding carboxylic acids is 1. The third-order valence-corrected chi connectivity index (χ3v) is 4.48. The third-order valence-electron chi connectivity index (χ3n) is 4.48. The molecule has 0 aliphatic carbocycles. The van der Waals surface area contributed by atoms with Crippen molar-refractivity contribution in [2.24, 2.45) is 5.41 Å². The van der Waals surface area contributed by atoms with Gasteiger partial charge in [0.15, 0.2) is 5.69 Å². The molecule has 3 N–H and O–H groups in total. The van der Waals surface area contributed by atoms with Crippen molar-refractivity contribution in [2.45, 2.75) is 32.7 Å². The van der Waals surface area contributed by atoms with Crippen molar-refractivity contribution in [3.63, 3.8) is 0 Å². The summed E-state index contributed by atoms with van der Waals surface area (Å²) in [5.74, 6) is -0.115. The number of para-hydroxylation sites is 1. The molecule has 0 bridgehead atoms. The van der Waals surface area contributed by atoms with Crippen LogP contribution in [0.5, 0.6) is 0 Å². The first-order valence-corrected chi connectivity index (χ1v) is 7.52. The van der Waals surface area contributed by atoms with Crippen LogP contribution in [0.25, 0.3) is 10.9 Å². The maximum Gasteiger partial charge on any atom is 0.272 e. The summed E-state index contributed by atoms with van der Waals surface area (Å²) in [7, 11) is 0. The highest BCUT2D eigenvalue weighted by Gasteiger charge is 2.32. The van der Waals surface area contributed by atoms with E-state index in [1.54, 1.807) is 0 Å². The number of carbonyl (C=O) groups is 1. The molecule has 1 aromatic carbocycles. The monoisotopic (exact) mass is 322 g/mol.